The standard InChI is InChI=1S/C20H17F3N4O/c1-24-20(6-7-20)19(28)25-18-9-12-16(26-27-17(12)10-15(18)23)5-3-11-2-4-13(21)14(22)8-11/h2-5,8-10,24H,6-7H2,1H3,(H,25,28)(H,26,27). The van der Waals surface area contributed by atoms with Crippen LogP contribution >= 0.6 is 0 Å². The maximum absolute atomic E-state index is 14.4. The van der Waals surface area contributed by atoms with Gasteiger partial charge in [-0.3, -0.25) is 9.89 Å². The fraction of sp³-hybridized carbons (Fsp3) is 0.200. The van der Waals surface area contributed by atoms with E-state index in [0.29, 0.717) is 35.0 Å². The molecule has 1 aliphatic carbocycles. The van der Waals surface area contributed by atoms with E-state index in [4.69, 9.17) is 0 Å². The summed E-state index contributed by atoms with van der Waals surface area (Å²) in [6, 6.07) is 6.30. The molecule has 0 atom stereocenters. The lowest BCUT2D eigenvalue weighted by atomic mass is 10.1. The number of aromatic amines is 1. The van der Waals surface area contributed by atoms with Crippen LogP contribution in [-0.2, 0) is 4.79 Å². The largest absolute Gasteiger partial charge is 0.322 e. The smallest absolute Gasteiger partial charge is 0.244 e. The number of benzene rings is 2. The Labute approximate surface area is 158 Å². The zero-order valence-electron chi connectivity index (χ0n) is 14.9. The summed E-state index contributed by atoms with van der Waals surface area (Å²) in [5.74, 6) is -2.73. The number of rotatable bonds is 5. The van der Waals surface area contributed by atoms with Crippen molar-refractivity contribution in [2.24, 2.45) is 0 Å². The molecule has 4 rings (SSSR count). The molecule has 3 N–H and O–H groups in total. The number of anilines is 1. The molecule has 144 valence electrons. The highest BCUT2D eigenvalue weighted by Gasteiger charge is 2.48. The third-order valence-corrected chi connectivity index (χ3v) is 4.97. The van der Waals surface area contributed by atoms with Crippen molar-refractivity contribution in [3.8, 4) is 0 Å². The second kappa shape index (κ2) is 6.79. The number of carbonyl (C=O) groups is 1. The number of hydrogen-bond acceptors (Lipinski definition) is 3. The van der Waals surface area contributed by atoms with Gasteiger partial charge in [-0.2, -0.15) is 5.10 Å². The summed E-state index contributed by atoms with van der Waals surface area (Å²) < 4.78 is 40.7. The molecule has 0 unspecified atom stereocenters. The van der Waals surface area contributed by atoms with Gasteiger partial charge in [-0.05, 0) is 49.7 Å². The molecule has 0 bridgehead atoms. The summed E-state index contributed by atoms with van der Waals surface area (Å²) >= 11 is 0. The summed E-state index contributed by atoms with van der Waals surface area (Å²) in [4.78, 5) is 12.4. The van der Waals surface area contributed by atoms with E-state index < -0.39 is 23.0 Å². The summed E-state index contributed by atoms with van der Waals surface area (Å²) in [5.41, 5.74) is 0.811. The lowest BCUT2D eigenvalue weighted by Gasteiger charge is -2.14. The van der Waals surface area contributed by atoms with Crippen LogP contribution in [0.25, 0.3) is 23.1 Å². The zero-order chi connectivity index (χ0) is 19.9. The molecule has 2 aromatic carbocycles. The Bertz CT molecular complexity index is 1100. The van der Waals surface area contributed by atoms with Gasteiger partial charge in [0.1, 0.15) is 5.82 Å². The van der Waals surface area contributed by atoms with Gasteiger partial charge in [-0.25, -0.2) is 13.2 Å². The van der Waals surface area contributed by atoms with Crippen molar-refractivity contribution in [1.82, 2.24) is 15.5 Å². The van der Waals surface area contributed by atoms with E-state index >= 15 is 0 Å². The zero-order valence-corrected chi connectivity index (χ0v) is 14.9. The summed E-state index contributed by atoms with van der Waals surface area (Å²) in [6.45, 7) is 0. The molecule has 1 heterocycles. The molecular formula is C20H17F3N4O. The number of likely N-dealkylation sites (N-methyl/N-ethyl adjacent to an activating group) is 1. The van der Waals surface area contributed by atoms with Crippen LogP contribution in [0.4, 0.5) is 18.9 Å². The van der Waals surface area contributed by atoms with Crippen molar-refractivity contribution >= 4 is 34.6 Å². The number of halogens is 3. The number of amides is 1. The average Bonchev–Trinajstić information content (AvgIpc) is 3.39. The van der Waals surface area contributed by atoms with Gasteiger partial charge < -0.3 is 10.6 Å². The number of nitrogens with zero attached hydrogens (tertiary/aromatic N) is 1. The molecule has 1 aliphatic rings. The van der Waals surface area contributed by atoms with Crippen molar-refractivity contribution in [3.63, 3.8) is 0 Å². The van der Waals surface area contributed by atoms with Gasteiger partial charge in [0, 0.05) is 11.5 Å². The first kappa shape index (κ1) is 18.2. The monoisotopic (exact) mass is 386 g/mol. The SMILES string of the molecule is CNC1(C(=O)Nc2cc3c(C=Cc4ccc(F)c(F)c4)n[nH]c3cc2F)CC1. The number of H-pyrrole nitrogens is 1. The Hall–Kier alpha value is -3.13. The molecule has 5 nitrogen and oxygen atoms in total. The Morgan fingerprint density at radius 2 is 1.89 bits per heavy atom. The van der Waals surface area contributed by atoms with Crippen molar-refractivity contribution in [2.45, 2.75) is 18.4 Å². The van der Waals surface area contributed by atoms with Crippen molar-refractivity contribution in [2.75, 3.05) is 12.4 Å². The number of fused-ring (bicyclic) bond motifs is 1. The highest BCUT2D eigenvalue weighted by atomic mass is 19.2. The van der Waals surface area contributed by atoms with E-state index in [1.165, 1.54) is 18.2 Å². The van der Waals surface area contributed by atoms with Gasteiger partial charge in [0.15, 0.2) is 11.6 Å². The van der Waals surface area contributed by atoms with E-state index in [-0.39, 0.29) is 11.6 Å². The number of nitrogens with one attached hydrogen (secondary N) is 3. The maximum Gasteiger partial charge on any atom is 0.244 e. The highest BCUT2D eigenvalue weighted by Crippen LogP contribution is 2.36. The van der Waals surface area contributed by atoms with Crippen LogP contribution in [0.1, 0.15) is 24.1 Å². The van der Waals surface area contributed by atoms with E-state index in [1.807, 2.05) is 0 Å². The van der Waals surface area contributed by atoms with Crippen LogP contribution in [-0.4, -0.2) is 28.7 Å². The molecule has 0 spiro atoms. The van der Waals surface area contributed by atoms with Crippen LogP contribution in [0.2, 0.25) is 0 Å². The summed E-state index contributed by atoms with van der Waals surface area (Å²) in [7, 11) is 1.70. The first-order valence-electron chi connectivity index (χ1n) is 8.73. The minimum atomic E-state index is -0.945. The fourth-order valence-electron chi connectivity index (χ4n) is 3.03. The molecule has 3 aromatic rings. The number of carbonyl (C=O) groups excluding carboxylic acids is 1. The minimum absolute atomic E-state index is 0.0582. The topological polar surface area (TPSA) is 69.8 Å². The van der Waals surface area contributed by atoms with Crippen LogP contribution in [0.3, 0.4) is 0 Å². The quantitative estimate of drug-likeness (QED) is 0.624. The number of hydrogen-bond donors (Lipinski definition) is 3. The maximum atomic E-state index is 14.4. The Morgan fingerprint density at radius 1 is 1.11 bits per heavy atom. The molecule has 8 heteroatoms. The summed E-state index contributed by atoms with van der Waals surface area (Å²) in [6.07, 6.45) is 4.57. The molecule has 0 aliphatic heterocycles. The third-order valence-electron chi connectivity index (χ3n) is 4.97. The summed E-state index contributed by atoms with van der Waals surface area (Å²) in [5, 5.41) is 13.0. The van der Waals surface area contributed by atoms with Crippen molar-refractivity contribution < 1.29 is 18.0 Å². The second-order valence-electron chi connectivity index (χ2n) is 6.78. The molecule has 0 saturated heterocycles. The van der Waals surface area contributed by atoms with E-state index in [0.717, 1.165) is 12.1 Å². The molecule has 1 amide bonds. The lowest BCUT2D eigenvalue weighted by Crippen LogP contribution is -2.40. The number of aromatic nitrogens is 2. The van der Waals surface area contributed by atoms with Crippen LogP contribution in [0.15, 0.2) is 30.3 Å². The van der Waals surface area contributed by atoms with E-state index in [2.05, 4.69) is 20.8 Å². The lowest BCUT2D eigenvalue weighted by molar-refractivity contribution is -0.119. The van der Waals surface area contributed by atoms with Gasteiger partial charge in [-0.1, -0.05) is 12.1 Å². The van der Waals surface area contributed by atoms with Crippen molar-refractivity contribution in [1.29, 1.82) is 0 Å². The van der Waals surface area contributed by atoms with Crippen molar-refractivity contribution in [3.05, 3.63) is 59.0 Å². The molecular weight excluding hydrogens is 369 g/mol. The highest BCUT2D eigenvalue weighted by molar-refractivity contribution is 6.02. The predicted molar refractivity (Wildman–Crippen MR) is 101 cm³/mol. The van der Waals surface area contributed by atoms with E-state index in [9.17, 15) is 18.0 Å². The van der Waals surface area contributed by atoms with Gasteiger partial charge in [0.05, 0.1) is 22.4 Å². The molecule has 0 radical (unpaired) electrons. The first-order chi connectivity index (χ1) is 13.4. The molecule has 1 fully saturated rings. The Balaban J connectivity index is 1.64. The second-order valence-corrected chi connectivity index (χ2v) is 6.78. The van der Waals surface area contributed by atoms with Gasteiger partial charge in [0.25, 0.3) is 0 Å². The van der Waals surface area contributed by atoms with Crippen LogP contribution in [0, 0.1) is 17.5 Å². The molecule has 1 saturated carbocycles. The third kappa shape index (κ3) is 3.27. The predicted octanol–water partition coefficient (Wildman–Crippen LogP) is 3.84. The average molecular weight is 386 g/mol. The van der Waals surface area contributed by atoms with Gasteiger partial charge in [-0.15, -0.1) is 0 Å². The van der Waals surface area contributed by atoms with Crippen LogP contribution < -0.4 is 10.6 Å². The normalized spacial score (nSPS) is 15.3. The first-order valence-corrected chi connectivity index (χ1v) is 8.73. The van der Waals surface area contributed by atoms with E-state index in [1.54, 1.807) is 19.2 Å². The minimum Gasteiger partial charge on any atom is -0.322 e. The fourth-order valence-corrected chi connectivity index (χ4v) is 3.03. The Morgan fingerprint density at radius 3 is 2.57 bits per heavy atom. The molecule has 1 aromatic heterocycles. The van der Waals surface area contributed by atoms with Gasteiger partial charge >= 0.3 is 0 Å². The van der Waals surface area contributed by atoms with Gasteiger partial charge in [0.2, 0.25) is 5.91 Å². The van der Waals surface area contributed by atoms with Crippen LogP contribution in [0.5, 0.6) is 0 Å². The molecule has 28 heavy (non-hydrogen) atoms. The Kier molecular flexibility index (Phi) is 4.43.